The highest BCUT2D eigenvalue weighted by Crippen LogP contribution is 2.26. The molecule has 1 aliphatic rings. The van der Waals surface area contributed by atoms with Crippen LogP contribution in [-0.4, -0.2) is 11.9 Å². The number of carboxylic acids is 1. The number of allylic oxidation sites excluding steroid dienone is 2. The quantitative estimate of drug-likeness (QED) is 0.848. The van der Waals surface area contributed by atoms with Crippen LogP contribution in [0.5, 0.6) is 0 Å². The summed E-state index contributed by atoms with van der Waals surface area (Å²) in [4.78, 5) is 23.2. The SMILES string of the molecule is Cc1ccc(NC(=O)[C@@H]2CC=CC[C@H]2C(=O)[O-])cc1F. The normalized spacial score (nSPS) is 21.5. The maximum absolute atomic E-state index is 13.4. The number of carboxylic acid groups (broad SMARTS) is 1. The summed E-state index contributed by atoms with van der Waals surface area (Å²) in [6.07, 6.45) is 4.14. The van der Waals surface area contributed by atoms with Gasteiger partial charge in [0.05, 0.1) is 5.92 Å². The van der Waals surface area contributed by atoms with Gasteiger partial charge >= 0.3 is 0 Å². The molecule has 0 heterocycles. The monoisotopic (exact) mass is 276 g/mol. The molecule has 1 aliphatic carbocycles. The van der Waals surface area contributed by atoms with Gasteiger partial charge in [-0.2, -0.15) is 0 Å². The highest BCUT2D eigenvalue weighted by molar-refractivity contribution is 5.95. The fourth-order valence-electron chi connectivity index (χ4n) is 2.27. The van der Waals surface area contributed by atoms with E-state index in [0.29, 0.717) is 17.7 Å². The number of hydrogen-bond donors (Lipinski definition) is 1. The van der Waals surface area contributed by atoms with Crippen molar-refractivity contribution >= 4 is 17.6 Å². The summed E-state index contributed by atoms with van der Waals surface area (Å²) in [7, 11) is 0. The average Bonchev–Trinajstić information content (AvgIpc) is 2.43. The third kappa shape index (κ3) is 3.04. The summed E-state index contributed by atoms with van der Waals surface area (Å²) < 4.78 is 13.4. The number of nitrogens with one attached hydrogen (secondary N) is 1. The molecule has 0 aliphatic heterocycles. The van der Waals surface area contributed by atoms with Gasteiger partial charge in [0.25, 0.3) is 0 Å². The van der Waals surface area contributed by atoms with E-state index in [1.165, 1.54) is 6.07 Å². The summed E-state index contributed by atoms with van der Waals surface area (Å²) in [5.74, 6) is -3.59. The minimum atomic E-state index is -1.23. The lowest BCUT2D eigenvalue weighted by molar-refractivity contribution is -0.313. The number of halogens is 1. The molecule has 0 saturated carbocycles. The van der Waals surface area contributed by atoms with Gasteiger partial charge in [-0.1, -0.05) is 18.2 Å². The smallest absolute Gasteiger partial charge is 0.228 e. The predicted octanol–water partition coefficient (Wildman–Crippen LogP) is 1.40. The zero-order chi connectivity index (χ0) is 14.7. The van der Waals surface area contributed by atoms with E-state index in [9.17, 15) is 19.1 Å². The van der Waals surface area contributed by atoms with Crippen LogP contribution in [0.1, 0.15) is 18.4 Å². The first kappa shape index (κ1) is 14.2. The molecule has 1 aromatic rings. The molecule has 5 heteroatoms. The number of anilines is 1. The Kier molecular flexibility index (Phi) is 4.17. The molecule has 2 rings (SSSR count). The van der Waals surface area contributed by atoms with Gasteiger partial charge in [0, 0.05) is 17.6 Å². The summed E-state index contributed by atoms with van der Waals surface area (Å²) >= 11 is 0. The third-order valence-corrected chi connectivity index (χ3v) is 3.51. The van der Waals surface area contributed by atoms with Gasteiger partial charge in [-0.15, -0.1) is 0 Å². The van der Waals surface area contributed by atoms with Gasteiger partial charge in [0.1, 0.15) is 5.82 Å². The molecule has 0 unspecified atom stereocenters. The number of amides is 1. The molecule has 0 aromatic heterocycles. The molecule has 0 fully saturated rings. The maximum Gasteiger partial charge on any atom is 0.228 e. The van der Waals surface area contributed by atoms with Crippen LogP contribution in [0.25, 0.3) is 0 Å². The lowest BCUT2D eigenvalue weighted by Crippen LogP contribution is -2.41. The van der Waals surface area contributed by atoms with Gasteiger partial charge in [-0.25, -0.2) is 4.39 Å². The van der Waals surface area contributed by atoms with Crippen molar-refractivity contribution in [2.24, 2.45) is 11.8 Å². The Labute approximate surface area is 116 Å². The maximum atomic E-state index is 13.4. The molecule has 0 saturated heterocycles. The lowest BCUT2D eigenvalue weighted by atomic mass is 9.82. The van der Waals surface area contributed by atoms with Crippen LogP contribution in [0.15, 0.2) is 30.4 Å². The molecular weight excluding hydrogens is 261 g/mol. The van der Waals surface area contributed by atoms with Gasteiger partial charge in [0.15, 0.2) is 0 Å². The molecule has 0 spiro atoms. The van der Waals surface area contributed by atoms with Crippen LogP contribution in [0.4, 0.5) is 10.1 Å². The second kappa shape index (κ2) is 5.86. The molecular formula is C15H15FNO3-. The van der Waals surface area contributed by atoms with Crippen molar-refractivity contribution in [1.29, 1.82) is 0 Å². The van der Waals surface area contributed by atoms with Crippen LogP contribution < -0.4 is 10.4 Å². The molecule has 1 N–H and O–H groups in total. The van der Waals surface area contributed by atoms with E-state index in [2.05, 4.69) is 5.32 Å². The molecule has 1 aromatic carbocycles. The van der Waals surface area contributed by atoms with Crippen molar-refractivity contribution in [3.63, 3.8) is 0 Å². The van der Waals surface area contributed by atoms with Crippen LogP contribution in [0, 0.1) is 24.6 Å². The topological polar surface area (TPSA) is 69.2 Å². The van der Waals surface area contributed by atoms with E-state index in [1.54, 1.807) is 31.2 Å². The van der Waals surface area contributed by atoms with Crippen molar-refractivity contribution in [2.75, 3.05) is 5.32 Å². The van der Waals surface area contributed by atoms with Gasteiger partial charge in [0.2, 0.25) is 5.91 Å². The Morgan fingerprint density at radius 1 is 1.25 bits per heavy atom. The van der Waals surface area contributed by atoms with Gasteiger partial charge < -0.3 is 15.2 Å². The second-order valence-corrected chi connectivity index (χ2v) is 4.93. The molecule has 106 valence electrons. The van der Waals surface area contributed by atoms with Crippen molar-refractivity contribution in [1.82, 2.24) is 0 Å². The minimum absolute atomic E-state index is 0.280. The average molecular weight is 276 g/mol. The first-order valence-corrected chi connectivity index (χ1v) is 6.42. The van der Waals surface area contributed by atoms with E-state index in [1.807, 2.05) is 0 Å². The van der Waals surface area contributed by atoms with Crippen LogP contribution in [0.3, 0.4) is 0 Å². The standard InChI is InChI=1S/C15H16FNO3/c1-9-6-7-10(8-13(9)16)17-14(18)11-4-2-3-5-12(11)15(19)20/h2-3,6-8,11-12H,4-5H2,1H3,(H,17,18)(H,19,20)/p-1/t11-,12-/m1/s1. The second-order valence-electron chi connectivity index (χ2n) is 4.93. The van der Waals surface area contributed by atoms with E-state index in [0.717, 1.165) is 0 Å². The Balaban J connectivity index is 2.12. The fraction of sp³-hybridized carbons (Fsp3) is 0.333. The van der Waals surface area contributed by atoms with E-state index in [4.69, 9.17) is 0 Å². The van der Waals surface area contributed by atoms with Crippen LogP contribution in [0.2, 0.25) is 0 Å². The zero-order valence-electron chi connectivity index (χ0n) is 11.1. The number of rotatable bonds is 3. The molecule has 1 amide bonds. The van der Waals surface area contributed by atoms with Crippen molar-refractivity contribution in [3.05, 3.63) is 41.7 Å². The largest absolute Gasteiger partial charge is 0.550 e. The Hall–Kier alpha value is -2.17. The third-order valence-electron chi connectivity index (χ3n) is 3.51. The first-order chi connectivity index (χ1) is 9.49. The molecule has 0 bridgehead atoms. The highest BCUT2D eigenvalue weighted by atomic mass is 19.1. The molecule has 0 radical (unpaired) electrons. The Bertz CT molecular complexity index is 568. The van der Waals surface area contributed by atoms with E-state index in [-0.39, 0.29) is 6.42 Å². The van der Waals surface area contributed by atoms with Gasteiger partial charge in [-0.05, 0) is 37.5 Å². The Morgan fingerprint density at radius 2 is 1.90 bits per heavy atom. The predicted molar refractivity (Wildman–Crippen MR) is 70.1 cm³/mol. The minimum Gasteiger partial charge on any atom is -0.550 e. The van der Waals surface area contributed by atoms with E-state index < -0.39 is 29.5 Å². The molecule has 4 nitrogen and oxygen atoms in total. The number of benzene rings is 1. The number of aryl methyl sites for hydroxylation is 1. The van der Waals surface area contributed by atoms with Crippen molar-refractivity contribution in [3.8, 4) is 0 Å². The number of carbonyl (C=O) groups excluding carboxylic acids is 2. The first-order valence-electron chi connectivity index (χ1n) is 6.42. The fourth-order valence-corrected chi connectivity index (χ4v) is 2.27. The summed E-state index contributed by atoms with van der Waals surface area (Å²) in [5, 5.41) is 13.6. The van der Waals surface area contributed by atoms with Crippen molar-refractivity contribution in [2.45, 2.75) is 19.8 Å². The lowest BCUT2D eigenvalue weighted by Gasteiger charge is -2.28. The number of aliphatic carboxylic acids is 1. The summed E-state index contributed by atoms with van der Waals surface area (Å²) in [6.45, 7) is 1.62. The number of carbonyl (C=O) groups is 2. The summed E-state index contributed by atoms with van der Waals surface area (Å²) in [6, 6.07) is 4.37. The zero-order valence-corrected chi connectivity index (χ0v) is 11.1. The van der Waals surface area contributed by atoms with Crippen LogP contribution in [-0.2, 0) is 9.59 Å². The Morgan fingerprint density at radius 3 is 2.50 bits per heavy atom. The highest BCUT2D eigenvalue weighted by Gasteiger charge is 2.29. The van der Waals surface area contributed by atoms with E-state index >= 15 is 0 Å². The number of hydrogen-bond acceptors (Lipinski definition) is 3. The molecule has 20 heavy (non-hydrogen) atoms. The molecule has 2 atom stereocenters. The van der Waals surface area contributed by atoms with Crippen LogP contribution >= 0.6 is 0 Å². The van der Waals surface area contributed by atoms with Gasteiger partial charge in [-0.3, -0.25) is 4.79 Å². The van der Waals surface area contributed by atoms with Crippen molar-refractivity contribution < 1.29 is 19.1 Å². The summed E-state index contributed by atoms with van der Waals surface area (Å²) in [5.41, 5.74) is 0.806.